The van der Waals surface area contributed by atoms with Gasteiger partial charge in [-0.2, -0.15) is 5.01 Å². The number of hydrazine groups is 1. The van der Waals surface area contributed by atoms with Crippen molar-refractivity contribution < 1.29 is 49.8 Å². The maximum Gasteiger partial charge on any atom is 0.338 e. The number of aromatic nitrogens is 2. The highest BCUT2D eigenvalue weighted by molar-refractivity contribution is 6.39. The number of hydrogen-bond acceptors (Lipinski definition) is 10. The summed E-state index contributed by atoms with van der Waals surface area (Å²) >= 11 is 0. The average Bonchev–Trinajstić information content (AvgIpc) is 3.70. The zero-order valence-corrected chi connectivity index (χ0v) is 24.7. The van der Waals surface area contributed by atoms with Gasteiger partial charge in [0.25, 0.3) is 11.8 Å². The molecule has 8 rings (SSSR count). The Bertz CT molecular complexity index is 2330. The van der Waals surface area contributed by atoms with Crippen LogP contribution in [-0.2, 0) is 4.74 Å². The topological polar surface area (TPSA) is 230 Å². The summed E-state index contributed by atoms with van der Waals surface area (Å²) in [4.78, 5) is 44.6. The number of anilines is 1. The van der Waals surface area contributed by atoms with Crippen molar-refractivity contribution in [1.29, 1.82) is 0 Å². The minimum atomic E-state index is -1.81. The molecule has 0 saturated carbocycles. The van der Waals surface area contributed by atoms with E-state index in [1.165, 1.54) is 22.8 Å². The maximum atomic E-state index is 14.3. The third-order valence-corrected chi connectivity index (χ3v) is 9.00. The Hall–Kier alpha value is -5.71. The lowest BCUT2D eigenvalue weighted by Gasteiger charge is -2.41. The normalized spacial score (nSPS) is 22.7. The molecule has 0 aliphatic carbocycles. The van der Waals surface area contributed by atoms with Crippen molar-refractivity contribution in [1.82, 2.24) is 20.0 Å². The maximum absolute atomic E-state index is 14.3. The average molecular weight is 654 g/mol. The first-order valence-electron chi connectivity index (χ1n) is 14.9. The highest BCUT2D eigenvalue weighted by Crippen LogP contribution is 2.49. The summed E-state index contributed by atoms with van der Waals surface area (Å²) in [6.07, 6.45) is -8.15. The minimum Gasteiger partial charge on any atom is -0.506 e. The van der Waals surface area contributed by atoms with Crippen molar-refractivity contribution in [2.24, 2.45) is 0 Å². The Balaban J connectivity index is 1.44. The number of H-pyrrole nitrogens is 1. The number of aromatic hydroxyl groups is 2. The highest BCUT2D eigenvalue weighted by atomic mass is 16.6. The number of carbonyl (C=O) groups excluding carboxylic acids is 3. The molecule has 1 saturated heterocycles. The quantitative estimate of drug-likeness (QED) is 0.126. The number of phenolic OH excluding ortho intramolecular Hbond substituents is 2. The summed E-state index contributed by atoms with van der Waals surface area (Å²) in [6, 6.07) is 16.5. The van der Waals surface area contributed by atoms with E-state index in [2.05, 4.69) is 15.7 Å². The first kappa shape index (κ1) is 29.7. The second-order valence-corrected chi connectivity index (χ2v) is 11.7. The lowest BCUT2D eigenvalue weighted by Crippen LogP contribution is -2.56. The van der Waals surface area contributed by atoms with E-state index in [4.69, 9.17) is 4.74 Å². The monoisotopic (exact) mass is 653 g/mol. The number of benzene rings is 4. The zero-order chi connectivity index (χ0) is 33.6. The molecule has 15 heteroatoms. The van der Waals surface area contributed by atoms with E-state index in [1.807, 2.05) is 0 Å². The van der Waals surface area contributed by atoms with Crippen LogP contribution in [0.5, 0.6) is 11.5 Å². The minimum absolute atomic E-state index is 0.0305. The molecule has 1 fully saturated rings. The van der Waals surface area contributed by atoms with E-state index in [0.717, 1.165) is 0 Å². The van der Waals surface area contributed by atoms with Gasteiger partial charge < -0.3 is 50.2 Å². The predicted octanol–water partition coefficient (Wildman–Crippen LogP) is 2.15. The number of carbonyl (C=O) groups is 3. The molecule has 2 aliphatic heterocycles. The summed E-state index contributed by atoms with van der Waals surface area (Å²) in [5.41, 5.74) is 3.02. The fraction of sp³-hybridized carbons (Fsp3) is 0.182. The fourth-order valence-corrected chi connectivity index (χ4v) is 6.91. The van der Waals surface area contributed by atoms with Gasteiger partial charge in [-0.25, -0.2) is 10.2 Å². The van der Waals surface area contributed by atoms with Gasteiger partial charge in [0.15, 0.2) is 6.23 Å². The van der Waals surface area contributed by atoms with Crippen molar-refractivity contribution >= 4 is 67.1 Å². The second-order valence-electron chi connectivity index (χ2n) is 11.7. The van der Waals surface area contributed by atoms with E-state index < -0.39 is 55.1 Å². The number of para-hydroxylation sites is 3. The number of aromatic amines is 1. The third-order valence-electron chi connectivity index (χ3n) is 9.00. The molecule has 4 amide bonds. The predicted molar refractivity (Wildman–Crippen MR) is 170 cm³/mol. The molecule has 2 aromatic heterocycles. The zero-order valence-electron chi connectivity index (χ0n) is 24.7. The molecule has 0 spiro atoms. The van der Waals surface area contributed by atoms with Crippen LogP contribution in [0.3, 0.4) is 0 Å². The lowest BCUT2D eigenvalue weighted by atomic mass is 9.96. The Kier molecular flexibility index (Phi) is 6.59. The third kappa shape index (κ3) is 4.03. The summed E-state index contributed by atoms with van der Waals surface area (Å²) < 4.78 is 7.27. The number of nitrogens with one attached hydrogen (secondary N) is 3. The largest absolute Gasteiger partial charge is 0.506 e. The van der Waals surface area contributed by atoms with Crippen LogP contribution >= 0.6 is 0 Å². The fourth-order valence-electron chi connectivity index (χ4n) is 6.91. The smallest absolute Gasteiger partial charge is 0.338 e. The molecular formula is C33H27N5O10. The molecular weight excluding hydrogens is 626 g/mol. The molecule has 15 nitrogen and oxygen atoms in total. The number of aliphatic hydroxyl groups excluding tert-OH is 4. The van der Waals surface area contributed by atoms with Crippen LogP contribution in [-0.4, -0.2) is 94.1 Å². The number of fused-ring (bicyclic) bond motifs is 10. The summed E-state index contributed by atoms with van der Waals surface area (Å²) in [5, 5.41) is 68.6. The molecule has 48 heavy (non-hydrogen) atoms. The molecule has 244 valence electrons. The van der Waals surface area contributed by atoms with Crippen molar-refractivity contribution in [2.45, 2.75) is 30.6 Å². The summed E-state index contributed by atoms with van der Waals surface area (Å²) in [5.74, 6) is -2.28. The van der Waals surface area contributed by atoms with E-state index in [9.17, 15) is 45.0 Å². The first-order chi connectivity index (χ1) is 23.1. The second kappa shape index (κ2) is 10.7. The van der Waals surface area contributed by atoms with E-state index in [-0.39, 0.29) is 60.9 Å². The van der Waals surface area contributed by atoms with Crippen molar-refractivity contribution in [3.05, 3.63) is 77.9 Å². The van der Waals surface area contributed by atoms with Gasteiger partial charge in [-0.3, -0.25) is 9.59 Å². The van der Waals surface area contributed by atoms with Gasteiger partial charge in [-0.15, -0.1) is 0 Å². The van der Waals surface area contributed by atoms with Crippen LogP contribution in [0.25, 0.3) is 43.6 Å². The number of imide groups is 1. The first-order valence-corrected chi connectivity index (χ1v) is 14.9. The van der Waals surface area contributed by atoms with Crippen molar-refractivity contribution in [3.63, 3.8) is 0 Å². The summed E-state index contributed by atoms with van der Waals surface area (Å²) in [7, 11) is 0. The SMILES string of the molecule is O=C(Nc1ccccc1)NN1C(=O)c2c(c3c4cccc(O)c4n([C@@H]4O[C@H](CO)[C@@H](O)[C@H](O)[C@H]4O)c3c3[nH]c4c(O)cccc4c23)C1=O. The van der Waals surface area contributed by atoms with Gasteiger partial charge in [0.1, 0.15) is 35.9 Å². The van der Waals surface area contributed by atoms with E-state index in [1.54, 1.807) is 48.5 Å². The number of urea groups is 1. The van der Waals surface area contributed by atoms with Crippen molar-refractivity contribution in [3.8, 4) is 11.5 Å². The summed E-state index contributed by atoms with van der Waals surface area (Å²) in [6.45, 7) is -0.728. The highest BCUT2D eigenvalue weighted by Gasteiger charge is 2.47. The van der Waals surface area contributed by atoms with Crippen LogP contribution in [0, 0.1) is 0 Å². The molecule has 2 aliphatic rings. The van der Waals surface area contributed by atoms with Gasteiger partial charge in [0, 0.05) is 27.2 Å². The molecule has 4 heterocycles. The molecule has 0 unspecified atom stereocenters. The molecule has 5 atom stereocenters. The molecule has 9 N–H and O–H groups in total. The van der Waals surface area contributed by atoms with Gasteiger partial charge in [0.2, 0.25) is 0 Å². The number of ether oxygens (including phenoxy) is 1. The van der Waals surface area contributed by atoms with Crippen LogP contribution in [0.2, 0.25) is 0 Å². The van der Waals surface area contributed by atoms with Crippen LogP contribution in [0.1, 0.15) is 26.9 Å². The van der Waals surface area contributed by atoms with Gasteiger partial charge >= 0.3 is 6.03 Å². The van der Waals surface area contributed by atoms with Gasteiger partial charge in [-0.1, -0.05) is 42.5 Å². The molecule has 0 radical (unpaired) electrons. The van der Waals surface area contributed by atoms with Crippen molar-refractivity contribution in [2.75, 3.05) is 11.9 Å². The molecule has 6 aromatic rings. The molecule has 0 bridgehead atoms. The van der Waals surface area contributed by atoms with E-state index >= 15 is 0 Å². The number of phenols is 2. The molecule has 4 aromatic carbocycles. The number of aliphatic hydroxyl groups is 4. The van der Waals surface area contributed by atoms with Crippen LogP contribution in [0.4, 0.5) is 10.5 Å². The number of hydrogen-bond donors (Lipinski definition) is 9. The number of nitrogens with zero attached hydrogens (tertiary/aromatic N) is 2. The van der Waals surface area contributed by atoms with Crippen LogP contribution in [0.15, 0.2) is 66.7 Å². The number of rotatable bonds is 4. The van der Waals surface area contributed by atoms with Gasteiger partial charge in [-0.05, 0) is 24.3 Å². The Morgan fingerprint density at radius 1 is 0.771 bits per heavy atom. The standard InChI is InChI=1S/C33H27N5O10/c39-12-18-27(42)28(43)29(44)32(48-18)37-25-15(9-5-11-17(25)41)20-22-21(19-14-8-4-10-16(40)23(14)35-24(19)26(20)37)30(45)38(31(22)46)36-33(47)34-13-6-2-1-3-7-13/h1-11,18,27-29,32,35,39-44H,12H2,(H2,34,36,47)/t18-,27-,28+,29-,32-/m1/s1. The number of amides is 4. The Morgan fingerprint density at radius 2 is 1.44 bits per heavy atom. The lowest BCUT2D eigenvalue weighted by molar-refractivity contribution is -0.249. The van der Waals surface area contributed by atoms with Crippen LogP contribution < -0.4 is 10.7 Å². The Labute approximate surface area is 268 Å². The van der Waals surface area contributed by atoms with Gasteiger partial charge in [0.05, 0.1) is 39.8 Å². The van der Waals surface area contributed by atoms with E-state index in [0.29, 0.717) is 16.1 Å². The Morgan fingerprint density at radius 3 is 2.15 bits per heavy atom.